The number of rotatable bonds is 6. The van der Waals surface area contributed by atoms with Crippen molar-refractivity contribution >= 4 is 17.6 Å². The van der Waals surface area contributed by atoms with Crippen molar-refractivity contribution in [3.8, 4) is 22.6 Å². The lowest BCUT2D eigenvalue weighted by Gasteiger charge is -2.33. The lowest BCUT2D eigenvalue weighted by molar-refractivity contribution is -0.133. The Bertz CT molecular complexity index is 1310. The van der Waals surface area contributed by atoms with Gasteiger partial charge in [-0.15, -0.1) is 0 Å². The smallest absolute Gasteiger partial charge is 0.238 e. The van der Waals surface area contributed by atoms with Gasteiger partial charge < -0.3 is 9.64 Å². The van der Waals surface area contributed by atoms with Crippen LogP contribution in [0.25, 0.3) is 11.1 Å². The molecule has 2 aliphatic heterocycles. The average molecular weight is 496 g/mol. The lowest BCUT2D eigenvalue weighted by atomic mass is 9.80. The molecule has 0 aromatic heterocycles. The minimum absolute atomic E-state index is 0.0162. The molecule has 2 saturated heterocycles. The van der Waals surface area contributed by atoms with Crippen LogP contribution in [0.2, 0.25) is 0 Å². The van der Waals surface area contributed by atoms with Crippen molar-refractivity contribution in [1.82, 2.24) is 9.80 Å². The highest BCUT2D eigenvalue weighted by Gasteiger charge is 2.48. The van der Waals surface area contributed by atoms with E-state index in [4.69, 9.17) is 10.1 Å². The van der Waals surface area contributed by atoms with Gasteiger partial charge in [-0.1, -0.05) is 54.6 Å². The van der Waals surface area contributed by atoms with E-state index in [9.17, 15) is 9.59 Å². The molecule has 6 nitrogen and oxygen atoms in total. The van der Waals surface area contributed by atoms with Crippen LogP contribution in [-0.2, 0) is 15.0 Å². The van der Waals surface area contributed by atoms with Crippen molar-refractivity contribution in [2.75, 3.05) is 19.6 Å². The lowest BCUT2D eigenvalue weighted by Crippen LogP contribution is -2.43. The molecule has 6 heteroatoms. The zero-order valence-electron chi connectivity index (χ0n) is 21.4. The summed E-state index contributed by atoms with van der Waals surface area (Å²) in [6, 6.07) is 25.7. The first-order chi connectivity index (χ1) is 17.8. The van der Waals surface area contributed by atoms with Crippen LogP contribution in [0.1, 0.15) is 38.7 Å². The number of likely N-dealkylation sites (tertiary alicyclic amines) is 2. The molecule has 2 heterocycles. The van der Waals surface area contributed by atoms with Crippen LogP contribution in [-0.4, -0.2) is 47.1 Å². The highest BCUT2D eigenvalue weighted by molar-refractivity contribution is 6.10. The van der Waals surface area contributed by atoms with Gasteiger partial charge in [0.15, 0.2) is 0 Å². The Labute approximate surface area is 218 Å². The molecule has 37 heavy (non-hydrogen) atoms. The molecule has 1 atom stereocenters. The van der Waals surface area contributed by atoms with E-state index in [1.54, 1.807) is 11.8 Å². The monoisotopic (exact) mass is 495 g/mol. The highest BCUT2D eigenvalue weighted by atomic mass is 16.5. The number of hydrogen-bond acceptors (Lipinski definition) is 4. The number of benzene rings is 3. The Balaban J connectivity index is 1.36. The second kappa shape index (κ2) is 10.2. The van der Waals surface area contributed by atoms with Crippen molar-refractivity contribution in [2.45, 2.75) is 38.5 Å². The zero-order chi connectivity index (χ0) is 26.0. The van der Waals surface area contributed by atoms with E-state index in [1.807, 2.05) is 84.6 Å². The number of amides is 2. The second-order valence-electron chi connectivity index (χ2n) is 10.3. The number of carbonyl (C=O) groups is 2. The molecule has 1 N–H and O–H groups in total. The van der Waals surface area contributed by atoms with Crippen molar-refractivity contribution in [1.29, 1.82) is 5.41 Å². The largest absolute Gasteiger partial charge is 0.457 e. The fraction of sp³-hybridized carbons (Fsp3) is 0.323. The maximum Gasteiger partial charge on any atom is 0.238 e. The average Bonchev–Trinajstić information content (AvgIpc) is 3.14. The Morgan fingerprint density at radius 3 is 2.43 bits per heavy atom. The van der Waals surface area contributed by atoms with E-state index in [1.165, 1.54) is 0 Å². The summed E-state index contributed by atoms with van der Waals surface area (Å²) < 4.78 is 6.18. The number of nitrogens with one attached hydrogen (secondary N) is 1. The van der Waals surface area contributed by atoms with Crippen LogP contribution in [0, 0.1) is 11.3 Å². The van der Waals surface area contributed by atoms with Gasteiger partial charge >= 0.3 is 0 Å². The van der Waals surface area contributed by atoms with Gasteiger partial charge in [0.25, 0.3) is 0 Å². The van der Waals surface area contributed by atoms with Gasteiger partial charge in [0.2, 0.25) is 11.8 Å². The molecule has 3 aromatic rings. The minimum Gasteiger partial charge on any atom is -0.457 e. The number of hydrogen-bond donors (Lipinski definition) is 1. The summed E-state index contributed by atoms with van der Waals surface area (Å²) in [5, 5.41) is 8.67. The molecule has 190 valence electrons. The Hall–Kier alpha value is -3.93. The summed E-state index contributed by atoms with van der Waals surface area (Å²) in [5.74, 6) is 2.28. The van der Waals surface area contributed by atoms with Gasteiger partial charge in [-0.25, -0.2) is 0 Å². The number of carbonyl (C=O) groups excluding carboxylic acids is 2. The van der Waals surface area contributed by atoms with E-state index in [0.717, 1.165) is 54.1 Å². The number of para-hydroxylation sites is 2. The summed E-state index contributed by atoms with van der Waals surface area (Å²) >= 11 is 0. The number of ether oxygens (including phenoxy) is 1. The van der Waals surface area contributed by atoms with E-state index in [-0.39, 0.29) is 11.8 Å². The Morgan fingerprint density at radius 1 is 1.00 bits per heavy atom. The van der Waals surface area contributed by atoms with E-state index in [2.05, 4.69) is 6.07 Å². The minimum atomic E-state index is -0.789. The number of nitrogens with zero attached hydrogens (tertiary/aromatic N) is 2. The van der Waals surface area contributed by atoms with Crippen molar-refractivity contribution in [3.63, 3.8) is 0 Å². The van der Waals surface area contributed by atoms with E-state index < -0.39 is 5.41 Å². The summed E-state index contributed by atoms with van der Waals surface area (Å²) in [7, 11) is 0. The third-order valence-electron chi connectivity index (χ3n) is 7.73. The Kier molecular flexibility index (Phi) is 6.83. The van der Waals surface area contributed by atoms with Crippen molar-refractivity contribution in [2.24, 2.45) is 5.92 Å². The standard InChI is InChI=1S/C31H33N3O3/c1-22(35)33-17-15-23(16-18-33)21-34-29(32)20-31(2,30(34)36)25-10-8-9-24(19-25)27-13-6-7-14-28(27)37-26-11-4-3-5-12-26/h3-14,19,23,32H,15-18,20-21H2,1-2H3. The van der Waals surface area contributed by atoms with Crippen LogP contribution >= 0.6 is 0 Å². The molecular formula is C31H33N3O3. The second-order valence-corrected chi connectivity index (χ2v) is 10.3. The van der Waals surface area contributed by atoms with Crippen LogP contribution in [0.5, 0.6) is 11.5 Å². The highest BCUT2D eigenvalue weighted by Crippen LogP contribution is 2.40. The molecule has 5 rings (SSSR count). The van der Waals surface area contributed by atoms with Crippen LogP contribution < -0.4 is 4.74 Å². The van der Waals surface area contributed by atoms with E-state index in [0.29, 0.717) is 24.7 Å². The van der Waals surface area contributed by atoms with Gasteiger partial charge in [0.05, 0.1) is 5.41 Å². The van der Waals surface area contributed by atoms with Crippen molar-refractivity contribution in [3.05, 3.63) is 84.4 Å². The number of piperidine rings is 1. The fourth-order valence-corrected chi connectivity index (χ4v) is 5.47. The van der Waals surface area contributed by atoms with Crippen molar-refractivity contribution < 1.29 is 14.3 Å². The van der Waals surface area contributed by atoms with Crippen LogP contribution in [0.4, 0.5) is 0 Å². The predicted molar refractivity (Wildman–Crippen MR) is 145 cm³/mol. The fourth-order valence-electron chi connectivity index (χ4n) is 5.47. The summed E-state index contributed by atoms with van der Waals surface area (Å²) in [6.45, 7) is 5.55. The van der Waals surface area contributed by atoms with Gasteiger partial charge in [-0.05, 0) is 61.1 Å². The first kappa shape index (κ1) is 24.8. The molecule has 0 bridgehead atoms. The molecule has 2 amide bonds. The molecule has 2 aliphatic rings. The number of amidine groups is 1. The molecule has 2 fully saturated rings. The SMILES string of the molecule is CC(=O)N1CCC(CN2C(=N)CC(C)(c3cccc(-c4ccccc4Oc4ccccc4)c3)C2=O)CC1. The maximum atomic E-state index is 13.7. The van der Waals surface area contributed by atoms with Gasteiger partial charge in [0.1, 0.15) is 17.3 Å². The molecule has 0 spiro atoms. The van der Waals surface area contributed by atoms with E-state index >= 15 is 0 Å². The molecule has 0 saturated carbocycles. The predicted octanol–water partition coefficient (Wildman–Crippen LogP) is 5.87. The zero-order valence-corrected chi connectivity index (χ0v) is 21.4. The molecular weight excluding hydrogens is 462 g/mol. The molecule has 3 aromatic carbocycles. The maximum absolute atomic E-state index is 13.7. The first-order valence-corrected chi connectivity index (χ1v) is 12.9. The molecule has 0 radical (unpaired) electrons. The van der Waals surface area contributed by atoms with Crippen LogP contribution in [0.15, 0.2) is 78.9 Å². The summed E-state index contributed by atoms with van der Waals surface area (Å²) in [4.78, 5) is 28.9. The summed E-state index contributed by atoms with van der Waals surface area (Å²) in [6.07, 6.45) is 2.10. The third kappa shape index (κ3) is 5.01. The summed E-state index contributed by atoms with van der Waals surface area (Å²) in [5.41, 5.74) is 2.04. The van der Waals surface area contributed by atoms with Gasteiger partial charge in [-0.2, -0.15) is 0 Å². The van der Waals surface area contributed by atoms with Gasteiger partial charge in [-0.3, -0.25) is 19.9 Å². The Morgan fingerprint density at radius 2 is 1.70 bits per heavy atom. The topological polar surface area (TPSA) is 73.7 Å². The normalized spacial score (nSPS) is 20.4. The first-order valence-electron chi connectivity index (χ1n) is 12.9. The van der Waals surface area contributed by atoms with Crippen LogP contribution in [0.3, 0.4) is 0 Å². The van der Waals surface area contributed by atoms with Gasteiger partial charge in [0, 0.05) is 38.5 Å². The molecule has 0 aliphatic carbocycles. The quantitative estimate of drug-likeness (QED) is 0.465. The molecule has 1 unspecified atom stereocenters. The third-order valence-corrected chi connectivity index (χ3v) is 7.73.